The zero-order chi connectivity index (χ0) is 12.7. The van der Waals surface area contributed by atoms with Crippen molar-refractivity contribution in [3.63, 3.8) is 0 Å². The van der Waals surface area contributed by atoms with E-state index in [4.69, 9.17) is 0 Å². The summed E-state index contributed by atoms with van der Waals surface area (Å²) in [4.78, 5) is 0. The predicted octanol–water partition coefficient (Wildman–Crippen LogP) is 3.06. The number of aromatic nitrogens is 3. The van der Waals surface area contributed by atoms with Gasteiger partial charge in [-0.1, -0.05) is 30.9 Å². The number of nitrogens with zero attached hydrogens (tertiary/aromatic N) is 3. The highest BCUT2D eigenvalue weighted by atomic mass is 15.4. The van der Waals surface area contributed by atoms with E-state index in [-0.39, 0.29) is 0 Å². The fourth-order valence-corrected chi connectivity index (χ4v) is 1.59. The standard InChI is InChI=1S/C14H21N3/c1-5-12(2)8-6-7-9-13(3)10-14-11-17(4)16-15-14/h6-7,11,13H,1,8-10H2,2-4H3/b7-6-. The van der Waals surface area contributed by atoms with Gasteiger partial charge in [0.1, 0.15) is 0 Å². The first-order valence-electron chi connectivity index (χ1n) is 5.97. The van der Waals surface area contributed by atoms with Crippen LogP contribution in [0, 0.1) is 5.92 Å². The van der Waals surface area contributed by atoms with Crippen molar-refractivity contribution >= 4 is 0 Å². The topological polar surface area (TPSA) is 30.7 Å². The summed E-state index contributed by atoms with van der Waals surface area (Å²) in [6, 6.07) is 0. The summed E-state index contributed by atoms with van der Waals surface area (Å²) in [7, 11) is 1.89. The van der Waals surface area contributed by atoms with Gasteiger partial charge in [-0.05, 0) is 37.7 Å². The zero-order valence-electron chi connectivity index (χ0n) is 11.0. The second-order valence-electron chi connectivity index (χ2n) is 4.56. The molecule has 1 rings (SSSR count). The monoisotopic (exact) mass is 231 g/mol. The summed E-state index contributed by atoms with van der Waals surface area (Å²) in [5, 5.41) is 8.02. The van der Waals surface area contributed by atoms with Gasteiger partial charge in [-0.2, -0.15) is 0 Å². The molecule has 0 N–H and O–H groups in total. The van der Waals surface area contributed by atoms with Gasteiger partial charge < -0.3 is 0 Å². The Kier molecular flexibility index (Phi) is 5.44. The van der Waals surface area contributed by atoms with Gasteiger partial charge in [0.2, 0.25) is 0 Å². The fourth-order valence-electron chi connectivity index (χ4n) is 1.59. The SMILES string of the molecule is C=C=C(C)C/C=C\CC(C)Cc1cn(C)nn1. The third-order valence-corrected chi connectivity index (χ3v) is 2.64. The van der Waals surface area contributed by atoms with E-state index >= 15 is 0 Å². The lowest BCUT2D eigenvalue weighted by atomic mass is 10.0. The van der Waals surface area contributed by atoms with E-state index in [1.54, 1.807) is 4.68 Å². The van der Waals surface area contributed by atoms with Gasteiger partial charge in [-0.25, -0.2) is 0 Å². The maximum absolute atomic E-state index is 4.09. The highest BCUT2D eigenvalue weighted by Crippen LogP contribution is 2.10. The summed E-state index contributed by atoms with van der Waals surface area (Å²) in [6.07, 6.45) is 9.38. The average molecular weight is 231 g/mol. The molecule has 0 aliphatic carbocycles. The highest BCUT2D eigenvalue weighted by Gasteiger charge is 2.04. The molecule has 1 atom stereocenters. The summed E-state index contributed by atoms with van der Waals surface area (Å²) in [6.45, 7) is 7.89. The van der Waals surface area contributed by atoms with Crippen LogP contribution in [0.4, 0.5) is 0 Å². The molecular weight excluding hydrogens is 210 g/mol. The van der Waals surface area contributed by atoms with E-state index in [1.165, 1.54) is 5.57 Å². The predicted molar refractivity (Wildman–Crippen MR) is 70.6 cm³/mol. The van der Waals surface area contributed by atoms with E-state index < -0.39 is 0 Å². The number of aryl methyl sites for hydroxylation is 1. The Labute approximate surface area is 104 Å². The quantitative estimate of drug-likeness (QED) is 0.556. The molecule has 0 radical (unpaired) electrons. The Balaban J connectivity index is 2.30. The maximum Gasteiger partial charge on any atom is 0.0829 e. The molecule has 0 amide bonds. The second-order valence-corrected chi connectivity index (χ2v) is 4.56. The van der Waals surface area contributed by atoms with Gasteiger partial charge in [0.05, 0.1) is 5.69 Å². The first kappa shape index (κ1) is 13.5. The molecule has 0 bridgehead atoms. The smallest absolute Gasteiger partial charge is 0.0829 e. The zero-order valence-corrected chi connectivity index (χ0v) is 11.0. The normalized spacial score (nSPS) is 12.6. The van der Waals surface area contributed by atoms with Crippen molar-refractivity contribution in [2.75, 3.05) is 0 Å². The number of hydrogen-bond acceptors (Lipinski definition) is 2. The lowest BCUT2D eigenvalue weighted by Crippen LogP contribution is -1.98. The van der Waals surface area contributed by atoms with Gasteiger partial charge in [0, 0.05) is 13.2 Å². The lowest BCUT2D eigenvalue weighted by Gasteiger charge is -2.04. The average Bonchev–Trinajstić information content (AvgIpc) is 2.69. The molecule has 0 fully saturated rings. The summed E-state index contributed by atoms with van der Waals surface area (Å²) in [5.74, 6) is 0.593. The van der Waals surface area contributed by atoms with Crippen LogP contribution >= 0.6 is 0 Å². The minimum absolute atomic E-state index is 0.593. The molecule has 0 aliphatic heterocycles. The van der Waals surface area contributed by atoms with Crippen LogP contribution in [0.25, 0.3) is 0 Å². The fraction of sp³-hybridized carbons (Fsp3) is 0.500. The molecule has 3 nitrogen and oxygen atoms in total. The first-order valence-corrected chi connectivity index (χ1v) is 5.97. The van der Waals surface area contributed by atoms with Gasteiger partial charge >= 0.3 is 0 Å². The van der Waals surface area contributed by atoms with Crippen molar-refractivity contribution in [3.8, 4) is 0 Å². The van der Waals surface area contributed by atoms with Gasteiger partial charge in [-0.3, -0.25) is 4.68 Å². The number of allylic oxidation sites excluding steroid dienone is 3. The Morgan fingerprint density at radius 2 is 2.35 bits per heavy atom. The van der Waals surface area contributed by atoms with Crippen LogP contribution < -0.4 is 0 Å². The van der Waals surface area contributed by atoms with E-state index in [9.17, 15) is 0 Å². The maximum atomic E-state index is 4.09. The van der Waals surface area contributed by atoms with Crippen LogP contribution in [0.2, 0.25) is 0 Å². The van der Waals surface area contributed by atoms with Crippen LogP contribution in [0.3, 0.4) is 0 Å². The van der Waals surface area contributed by atoms with Crippen molar-refractivity contribution in [2.24, 2.45) is 13.0 Å². The summed E-state index contributed by atoms with van der Waals surface area (Å²) >= 11 is 0. The molecule has 3 heteroatoms. The van der Waals surface area contributed by atoms with E-state index in [0.717, 1.165) is 25.0 Å². The highest BCUT2D eigenvalue weighted by molar-refractivity contribution is 5.02. The molecule has 0 aromatic carbocycles. The third-order valence-electron chi connectivity index (χ3n) is 2.64. The largest absolute Gasteiger partial charge is 0.255 e. The Morgan fingerprint density at radius 1 is 1.59 bits per heavy atom. The Morgan fingerprint density at radius 3 is 2.94 bits per heavy atom. The van der Waals surface area contributed by atoms with Crippen LogP contribution in [0.5, 0.6) is 0 Å². The van der Waals surface area contributed by atoms with Crippen LogP contribution in [0.1, 0.15) is 32.4 Å². The van der Waals surface area contributed by atoms with Gasteiger partial charge in [0.15, 0.2) is 0 Å². The Hall–Kier alpha value is -1.60. The Bertz CT molecular complexity index is 422. The van der Waals surface area contributed by atoms with Crippen LogP contribution in [0.15, 0.2) is 36.2 Å². The first-order chi connectivity index (χ1) is 8.11. The van der Waals surface area contributed by atoms with Gasteiger partial charge in [-0.15, -0.1) is 10.8 Å². The molecule has 17 heavy (non-hydrogen) atoms. The minimum atomic E-state index is 0.593. The summed E-state index contributed by atoms with van der Waals surface area (Å²) in [5.41, 5.74) is 5.14. The molecule has 1 aromatic rings. The minimum Gasteiger partial charge on any atom is -0.255 e. The molecular formula is C14H21N3. The number of rotatable bonds is 6. The molecule has 0 aliphatic rings. The van der Waals surface area contributed by atoms with E-state index in [2.05, 4.69) is 41.7 Å². The molecule has 0 saturated carbocycles. The van der Waals surface area contributed by atoms with Crippen LogP contribution in [-0.4, -0.2) is 15.0 Å². The molecule has 0 saturated heterocycles. The molecule has 1 unspecified atom stereocenters. The third kappa shape index (κ3) is 5.32. The summed E-state index contributed by atoms with van der Waals surface area (Å²) < 4.78 is 1.75. The van der Waals surface area contributed by atoms with E-state index in [1.807, 2.05) is 20.2 Å². The lowest BCUT2D eigenvalue weighted by molar-refractivity contribution is 0.579. The van der Waals surface area contributed by atoms with E-state index in [0.29, 0.717) is 5.92 Å². The van der Waals surface area contributed by atoms with Crippen molar-refractivity contribution in [3.05, 3.63) is 41.9 Å². The molecule has 0 spiro atoms. The molecule has 1 heterocycles. The molecule has 92 valence electrons. The van der Waals surface area contributed by atoms with Crippen LogP contribution in [-0.2, 0) is 13.5 Å². The van der Waals surface area contributed by atoms with Crippen molar-refractivity contribution in [1.82, 2.24) is 15.0 Å². The molecule has 1 aromatic heterocycles. The van der Waals surface area contributed by atoms with Crippen molar-refractivity contribution in [2.45, 2.75) is 33.1 Å². The van der Waals surface area contributed by atoms with Gasteiger partial charge in [0.25, 0.3) is 0 Å². The van der Waals surface area contributed by atoms with Crippen molar-refractivity contribution in [1.29, 1.82) is 0 Å². The van der Waals surface area contributed by atoms with Crippen molar-refractivity contribution < 1.29 is 0 Å². The second kappa shape index (κ2) is 6.87. The number of hydrogen-bond donors (Lipinski definition) is 0.